The van der Waals surface area contributed by atoms with Crippen molar-refractivity contribution >= 4 is 39.0 Å². The molecule has 3 aliphatic carbocycles. The van der Waals surface area contributed by atoms with Crippen molar-refractivity contribution in [3.63, 3.8) is 0 Å². The van der Waals surface area contributed by atoms with Crippen LogP contribution in [0.25, 0.3) is 77.6 Å². The Bertz CT molecular complexity index is 3910. The fraction of sp³-hybridized carbons (Fsp3) is 0.0294. The average molecular weight is 892 g/mol. The highest BCUT2D eigenvalue weighted by atomic mass is 16.3. The van der Waals surface area contributed by atoms with Crippen molar-refractivity contribution in [2.75, 3.05) is 4.90 Å². The van der Waals surface area contributed by atoms with Crippen molar-refractivity contribution in [2.24, 2.45) is 0 Å². The van der Waals surface area contributed by atoms with E-state index in [1.807, 2.05) is 6.07 Å². The largest absolute Gasteiger partial charge is 0.456 e. The highest BCUT2D eigenvalue weighted by molar-refractivity contribution is 6.12. The van der Waals surface area contributed by atoms with E-state index in [1.54, 1.807) is 0 Å². The molecule has 2 unspecified atom stereocenters. The Hall–Kier alpha value is -8.98. The minimum Gasteiger partial charge on any atom is -0.456 e. The average Bonchev–Trinajstić information content (AvgIpc) is 3.83. The first-order valence-electron chi connectivity index (χ1n) is 24.3. The van der Waals surface area contributed by atoms with Gasteiger partial charge in [0, 0.05) is 34.0 Å². The first kappa shape index (κ1) is 40.1. The van der Waals surface area contributed by atoms with Crippen LogP contribution in [0, 0.1) is 0 Å². The Labute approximate surface area is 408 Å². The number of furan rings is 1. The van der Waals surface area contributed by atoms with E-state index in [1.165, 1.54) is 83.6 Å². The van der Waals surface area contributed by atoms with Gasteiger partial charge in [0.1, 0.15) is 11.2 Å². The van der Waals surface area contributed by atoms with Crippen molar-refractivity contribution in [3.8, 4) is 55.6 Å². The molecular weight excluding hydrogens is 847 g/mol. The van der Waals surface area contributed by atoms with Crippen LogP contribution < -0.4 is 4.90 Å². The monoisotopic (exact) mass is 891 g/mol. The zero-order valence-corrected chi connectivity index (χ0v) is 38.3. The maximum Gasteiger partial charge on any atom is 0.136 e. The molecule has 328 valence electrons. The molecule has 0 aliphatic heterocycles. The van der Waals surface area contributed by atoms with E-state index in [0.29, 0.717) is 0 Å². The van der Waals surface area contributed by atoms with Gasteiger partial charge in [0.2, 0.25) is 0 Å². The van der Waals surface area contributed by atoms with Crippen molar-refractivity contribution in [1.82, 2.24) is 0 Å². The molecule has 0 fully saturated rings. The summed E-state index contributed by atoms with van der Waals surface area (Å²) in [6, 6.07) is 95.8. The van der Waals surface area contributed by atoms with Gasteiger partial charge >= 0.3 is 0 Å². The summed E-state index contributed by atoms with van der Waals surface area (Å²) in [5, 5.41) is 2.27. The predicted molar refractivity (Wildman–Crippen MR) is 290 cm³/mol. The van der Waals surface area contributed by atoms with Gasteiger partial charge in [0.15, 0.2) is 0 Å². The summed E-state index contributed by atoms with van der Waals surface area (Å²) in [4.78, 5) is 2.51. The molecule has 0 N–H and O–H groups in total. The maximum atomic E-state index is 6.36. The lowest BCUT2D eigenvalue weighted by atomic mass is 9.59. The molecule has 70 heavy (non-hydrogen) atoms. The third-order valence-electron chi connectivity index (χ3n) is 14.9. The van der Waals surface area contributed by atoms with E-state index in [4.69, 9.17) is 4.42 Å². The number of anilines is 3. The van der Waals surface area contributed by atoms with E-state index in [2.05, 4.69) is 260 Å². The van der Waals surface area contributed by atoms with Gasteiger partial charge in [-0.3, -0.25) is 0 Å². The third-order valence-corrected chi connectivity index (χ3v) is 14.9. The van der Waals surface area contributed by atoms with Gasteiger partial charge in [-0.05, 0) is 144 Å². The summed E-state index contributed by atoms with van der Waals surface area (Å²) in [7, 11) is 0. The van der Waals surface area contributed by atoms with Crippen molar-refractivity contribution < 1.29 is 4.42 Å². The molecule has 2 nitrogen and oxygen atoms in total. The lowest BCUT2D eigenvalue weighted by Gasteiger charge is -2.46. The van der Waals surface area contributed by atoms with Gasteiger partial charge in [-0.15, -0.1) is 0 Å². The molecule has 11 aromatic carbocycles. The van der Waals surface area contributed by atoms with Crippen LogP contribution in [0.15, 0.2) is 265 Å². The Morgan fingerprint density at radius 2 is 0.729 bits per heavy atom. The molecule has 0 radical (unpaired) electrons. The minimum absolute atomic E-state index is 0.00333. The number of benzene rings is 11. The van der Waals surface area contributed by atoms with Crippen LogP contribution in [0.3, 0.4) is 0 Å². The number of fused-ring (bicyclic) bond motifs is 3. The number of nitrogens with zero attached hydrogens (tertiary/aromatic N) is 1. The zero-order chi connectivity index (χ0) is 46.1. The molecule has 1 aromatic heterocycles. The van der Waals surface area contributed by atoms with Crippen LogP contribution in [0.1, 0.15) is 45.2 Å². The number of hydrogen-bond donors (Lipinski definition) is 0. The molecule has 1 heterocycles. The molecule has 2 bridgehead atoms. The summed E-state index contributed by atoms with van der Waals surface area (Å²) in [6.07, 6.45) is 0. The van der Waals surface area contributed by atoms with E-state index >= 15 is 0 Å². The molecule has 0 amide bonds. The fourth-order valence-corrected chi connectivity index (χ4v) is 11.7. The van der Waals surface area contributed by atoms with E-state index in [9.17, 15) is 0 Å². The number of rotatable bonds is 8. The maximum absolute atomic E-state index is 6.36. The summed E-state index contributed by atoms with van der Waals surface area (Å²) in [5.41, 5.74) is 25.6. The van der Waals surface area contributed by atoms with Crippen LogP contribution in [-0.2, 0) is 0 Å². The smallest absolute Gasteiger partial charge is 0.136 e. The van der Waals surface area contributed by atoms with Crippen LogP contribution >= 0.6 is 0 Å². The molecule has 3 aliphatic rings. The quantitative estimate of drug-likeness (QED) is 0.151. The fourth-order valence-electron chi connectivity index (χ4n) is 11.7. The summed E-state index contributed by atoms with van der Waals surface area (Å²) in [6.45, 7) is 0. The Morgan fingerprint density at radius 3 is 1.31 bits per heavy atom. The first-order valence-corrected chi connectivity index (χ1v) is 24.3. The van der Waals surface area contributed by atoms with Gasteiger partial charge < -0.3 is 9.32 Å². The van der Waals surface area contributed by atoms with Crippen molar-refractivity contribution in [2.45, 2.75) is 11.8 Å². The van der Waals surface area contributed by atoms with Gasteiger partial charge in [0.25, 0.3) is 0 Å². The van der Waals surface area contributed by atoms with E-state index in [0.717, 1.165) is 44.4 Å². The van der Waals surface area contributed by atoms with E-state index < -0.39 is 0 Å². The van der Waals surface area contributed by atoms with Gasteiger partial charge in [-0.25, -0.2) is 0 Å². The van der Waals surface area contributed by atoms with Gasteiger partial charge in [0.05, 0.1) is 5.69 Å². The second kappa shape index (κ2) is 16.4. The van der Waals surface area contributed by atoms with Crippen molar-refractivity contribution in [3.05, 3.63) is 294 Å². The zero-order valence-electron chi connectivity index (χ0n) is 38.3. The SMILES string of the molecule is c1ccc(-c2ccc(N(c3ccc(-c4cccc5oc6ccccc6c45)cc3)c3ccc(-c4ccccc4)c4c3C3c5ccc(-c6ccccc6)cc5C4c4ccc(-c5ccccc5)cc43)cc2)cc1. The lowest BCUT2D eigenvalue weighted by Crippen LogP contribution is -2.30. The second-order valence-electron chi connectivity index (χ2n) is 18.7. The molecule has 12 aromatic rings. The molecule has 2 atom stereocenters. The Morgan fingerprint density at radius 1 is 0.286 bits per heavy atom. The molecular formula is C68H45NO. The molecule has 15 rings (SSSR count). The predicted octanol–water partition coefficient (Wildman–Crippen LogP) is 18.4. The normalized spacial score (nSPS) is 14.3. The lowest BCUT2D eigenvalue weighted by molar-refractivity contribution is 0.669. The van der Waals surface area contributed by atoms with Gasteiger partial charge in [-0.1, -0.05) is 206 Å². The van der Waals surface area contributed by atoms with Crippen LogP contribution in [-0.4, -0.2) is 0 Å². The topological polar surface area (TPSA) is 16.4 Å². The standard InChI is InChI=1S/C68H45NO/c1-5-16-44(17-6-1)47-28-34-52(35-29-47)69(53-36-30-49(31-37-53)54-25-15-27-63-64(54)58-24-13-14-26-62(58)70-63)61-41-40-55(48-22-11-4-12-23-48)67-65-56-38-32-51(46-20-9-3-10-21-46)43-60(56)66(68(61)67)57-39-33-50(42-59(57)65)45-18-7-2-8-19-45/h1-43,65-66H. The van der Waals surface area contributed by atoms with Crippen LogP contribution in [0.4, 0.5) is 17.1 Å². The molecule has 2 heteroatoms. The van der Waals surface area contributed by atoms with Crippen LogP contribution in [0.2, 0.25) is 0 Å². The highest BCUT2D eigenvalue weighted by Crippen LogP contribution is 2.62. The molecule has 0 saturated heterocycles. The first-order chi connectivity index (χ1) is 34.7. The summed E-state index contributed by atoms with van der Waals surface area (Å²) in [5.74, 6) is -0.0296. The Kier molecular flexibility index (Phi) is 9.38. The highest BCUT2D eigenvalue weighted by Gasteiger charge is 2.45. The summed E-state index contributed by atoms with van der Waals surface area (Å²) < 4.78 is 6.36. The number of hydrogen-bond acceptors (Lipinski definition) is 2. The van der Waals surface area contributed by atoms with Gasteiger partial charge in [-0.2, -0.15) is 0 Å². The molecule has 0 spiro atoms. The number of para-hydroxylation sites is 1. The van der Waals surface area contributed by atoms with Crippen LogP contribution in [0.5, 0.6) is 0 Å². The van der Waals surface area contributed by atoms with E-state index in [-0.39, 0.29) is 11.8 Å². The third kappa shape index (κ3) is 6.49. The minimum atomic E-state index is -0.0329. The summed E-state index contributed by atoms with van der Waals surface area (Å²) >= 11 is 0. The second-order valence-corrected chi connectivity index (χ2v) is 18.7. The molecule has 0 saturated carbocycles. The Balaban J connectivity index is 1.01. The van der Waals surface area contributed by atoms with Crippen molar-refractivity contribution in [1.29, 1.82) is 0 Å².